The van der Waals surface area contributed by atoms with E-state index in [1.165, 1.54) is 0 Å². The molecule has 0 fully saturated rings. The van der Waals surface area contributed by atoms with Crippen LogP contribution in [0, 0.1) is 0 Å². The predicted molar refractivity (Wildman–Crippen MR) is 119 cm³/mol. The van der Waals surface area contributed by atoms with Crippen LogP contribution in [0.15, 0.2) is 48.8 Å². The SMILES string of the molecule is CCc1cc(NC(=O)Cc2ccc(Oc3ccnc4cnc(OC)cc34)cc2OC)n[nH]1. The summed E-state index contributed by atoms with van der Waals surface area (Å²) in [6.45, 7) is 2.01. The number of carbonyl (C=O) groups excluding carboxylic acids is 1. The first-order valence-electron chi connectivity index (χ1n) is 10.1. The van der Waals surface area contributed by atoms with Gasteiger partial charge in [0.25, 0.3) is 0 Å². The Labute approximate surface area is 184 Å². The van der Waals surface area contributed by atoms with E-state index in [1.54, 1.807) is 56.9 Å². The smallest absolute Gasteiger partial charge is 0.230 e. The molecule has 0 aliphatic carbocycles. The first-order valence-corrected chi connectivity index (χ1v) is 10.1. The minimum atomic E-state index is -0.189. The van der Waals surface area contributed by atoms with Crippen molar-refractivity contribution in [2.75, 3.05) is 19.5 Å². The molecule has 0 aliphatic heterocycles. The van der Waals surface area contributed by atoms with E-state index in [1.807, 2.05) is 13.0 Å². The van der Waals surface area contributed by atoms with Gasteiger partial charge >= 0.3 is 0 Å². The Kier molecular flexibility index (Phi) is 6.16. The van der Waals surface area contributed by atoms with Gasteiger partial charge in [0, 0.05) is 41.0 Å². The Morgan fingerprint density at radius 1 is 1.06 bits per heavy atom. The lowest BCUT2D eigenvalue weighted by Gasteiger charge is -2.13. The zero-order chi connectivity index (χ0) is 22.5. The molecule has 164 valence electrons. The third kappa shape index (κ3) is 4.61. The van der Waals surface area contributed by atoms with E-state index in [-0.39, 0.29) is 12.3 Å². The number of pyridine rings is 2. The molecule has 0 atom stereocenters. The number of ether oxygens (including phenoxy) is 3. The molecule has 0 saturated carbocycles. The number of fused-ring (bicyclic) bond motifs is 1. The first kappa shape index (κ1) is 21.1. The Morgan fingerprint density at radius 3 is 2.69 bits per heavy atom. The number of benzene rings is 1. The van der Waals surface area contributed by atoms with Gasteiger partial charge in [-0.25, -0.2) is 4.98 Å². The fraction of sp³-hybridized carbons (Fsp3) is 0.217. The number of methoxy groups -OCH3 is 2. The number of anilines is 1. The normalized spacial score (nSPS) is 10.7. The molecule has 0 spiro atoms. The van der Waals surface area contributed by atoms with Crippen LogP contribution in [0.25, 0.3) is 10.9 Å². The predicted octanol–water partition coefficient (Wildman–Crippen LogP) is 3.91. The van der Waals surface area contributed by atoms with Crippen LogP contribution in [-0.4, -0.2) is 40.3 Å². The Morgan fingerprint density at radius 2 is 1.94 bits per heavy atom. The van der Waals surface area contributed by atoms with Gasteiger partial charge < -0.3 is 19.5 Å². The third-order valence-corrected chi connectivity index (χ3v) is 4.89. The van der Waals surface area contributed by atoms with Gasteiger partial charge in [0.15, 0.2) is 5.82 Å². The monoisotopic (exact) mass is 433 g/mol. The van der Waals surface area contributed by atoms with E-state index >= 15 is 0 Å². The number of nitrogens with one attached hydrogen (secondary N) is 2. The number of amides is 1. The van der Waals surface area contributed by atoms with E-state index in [0.717, 1.165) is 23.1 Å². The fourth-order valence-electron chi connectivity index (χ4n) is 3.23. The molecule has 0 aliphatic rings. The number of hydrogen-bond donors (Lipinski definition) is 2. The van der Waals surface area contributed by atoms with Gasteiger partial charge in [-0.15, -0.1) is 0 Å². The number of hydrogen-bond acceptors (Lipinski definition) is 7. The molecule has 0 radical (unpaired) electrons. The highest BCUT2D eigenvalue weighted by Crippen LogP contribution is 2.33. The zero-order valence-corrected chi connectivity index (χ0v) is 18.0. The van der Waals surface area contributed by atoms with Gasteiger partial charge in [0.05, 0.1) is 32.4 Å². The summed E-state index contributed by atoms with van der Waals surface area (Å²) < 4.78 is 16.8. The molecule has 1 aromatic carbocycles. The summed E-state index contributed by atoms with van der Waals surface area (Å²) >= 11 is 0. The molecule has 4 rings (SSSR count). The topological polar surface area (TPSA) is 111 Å². The molecular formula is C23H23N5O4. The largest absolute Gasteiger partial charge is 0.496 e. The summed E-state index contributed by atoms with van der Waals surface area (Å²) in [5.74, 6) is 2.50. The molecule has 3 heterocycles. The van der Waals surface area contributed by atoms with E-state index < -0.39 is 0 Å². The van der Waals surface area contributed by atoms with Crippen LogP contribution in [-0.2, 0) is 17.6 Å². The number of aromatic amines is 1. The molecule has 2 N–H and O–H groups in total. The second-order valence-electron chi connectivity index (χ2n) is 6.99. The first-order chi connectivity index (χ1) is 15.6. The van der Waals surface area contributed by atoms with Gasteiger partial charge in [-0.1, -0.05) is 13.0 Å². The minimum Gasteiger partial charge on any atom is -0.496 e. The number of rotatable bonds is 8. The van der Waals surface area contributed by atoms with Crippen LogP contribution in [0.3, 0.4) is 0 Å². The number of H-pyrrole nitrogens is 1. The summed E-state index contributed by atoms with van der Waals surface area (Å²) in [6.07, 6.45) is 4.24. The van der Waals surface area contributed by atoms with Gasteiger partial charge in [-0.3, -0.25) is 14.9 Å². The summed E-state index contributed by atoms with van der Waals surface area (Å²) in [5, 5.41) is 10.5. The van der Waals surface area contributed by atoms with Gasteiger partial charge in [0.1, 0.15) is 17.2 Å². The van der Waals surface area contributed by atoms with E-state index in [0.29, 0.717) is 34.5 Å². The van der Waals surface area contributed by atoms with Crippen molar-refractivity contribution in [3.05, 3.63) is 60.0 Å². The molecule has 0 saturated heterocycles. The van der Waals surface area contributed by atoms with Crippen molar-refractivity contribution in [2.24, 2.45) is 0 Å². The van der Waals surface area contributed by atoms with Crippen LogP contribution in [0.4, 0.5) is 5.82 Å². The van der Waals surface area contributed by atoms with Gasteiger partial charge in [-0.05, 0) is 18.6 Å². The van der Waals surface area contributed by atoms with Crippen LogP contribution < -0.4 is 19.5 Å². The average molecular weight is 433 g/mol. The second-order valence-corrected chi connectivity index (χ2v) is 6.99. The highest BCUT2D eigenvalue weighted by Gasteiger charge is 2.13. The highest BCUT2D eigenvalue weighted by molar-refractivity contribution is 5.92. The molecule has 32 heavy (non-hydrogen) atoms. The lowest BCUT2D eigenvalue weighted by atomic mass is 10.1. The van der Waals surface area contributed by atoms with Crippen molar-refractivity contribution < 1.29 is 19.0 Å². The molecular weight excluding hydrogens is 410 g/mol. The lowest BCUT2D eigenvalue weighted by molar-refractivity contribution is -0.115. The lowest BCUT2D eigenvalue weighted by Crippen LogP contribution is -2.15. The summed E-state index contributed by atoms with van der Waals surface area (Å²) in [5.41, 5.74) is 2.37. The minimum absolute atomic E-state index is 0.138. The molecule has 3 aromatic heterocycles. The summed E-state index contributed by atoms with van der Waals surface area (Å²) in [4.78, 5) is 20.9. The molecule has 9 nitrogen and oxygen atoms in total. The molecule has 0 unspecified atom stereocenters. The van der Waals surface area contributed by atoms with Crippen LogP contribution in [0.1, 0.15) is 18.2 Å². The third-order valence-electron chi connectivity index (χ3n) is 4.89. The van der Waals surface area contributed by atoms with E-state index in [4.69, 9.17) is 14.2 Å². The highest BCUT2D eigenvalue weighted by atomic mass is 16.5. The maximum absolute atomic E-state index is 12.5. The Hall–Kier alpha value is -4.14. The fourth-order valence-corrected chi connectivity index (χ4v) is 3.23. The number of nitrogens with zero attached hydrogens (tertiary/aromatic N) is 3. The summed E-state index contributed by atoms with van der Waals surface area (Å²) in [6, 6.07) is 10.7. The van der Waals surface area contributed by atoms with Crippen LogP contribution in [0.2, 0.25) is 0 Å². The van der Waals surface area contributed by atoms with Crippen molar-refractivity contribution in [3.63, 3.8) is 0 Å². The van der Waals surface area contributed by atoms with E-state index in [9.17, 15) is 4.79 Å². The van der Waals surface area contributed by atoms with Crippen molar-refractivity contribution in [1.82, 2.24) is 20.2 Å². The maximum atomic E-state index is 12.5. The van der Waals surface area contributed by atoms with Crippen LogP contribution in [0.5, 0.6) is 23.1 Å². The standard InChI is InChI=1S/C23H23N5O4/c1-4-15-10-21(28-27-15)26-22(29)9-14-5-6-16(11-20(14)30-2)32-19-7-8-24-18-13-25-23(31-3)12-17(18)19/h5-8,10-13H,4,9H2,1-3H3,(H2,26,27,28,29). The molecule has 9 heteroatoms. The molecule has 1 amide bonds. The average Bonchev–Trinajstić information content (AvgIpc) is 3.27. The van der Waals surface area contributed by atoms with Crippen molar-refractivity contribution in [1.29, 1.82) is 0 Å². The van der Waals surface area contributed by atoms with Crippen LogP contribution >= 0.6 is 0 Å². The van der Waals surface area contributed by atoms with Crippen molar-refractivity contribution in [3.8, 4) is 23.1 Å². The zero-order valence-electron chi connectivity index (χ0n) is 18.0. The van der Waals surface area contributed by atoms with Crippen molar-refractivity contribution >= 4 is 22.6 Å². The molecule has 4 aromatic rings. The Balaban J connectivity index is 1.52. The number of carbonyl (C=O) groups is 1. The number of aryl methyl sites for hydroxylation is 1. The quantitative estimate of drug-likeness (QED) is 0.433. The maximum Gasteiger partial charge on any atom is 0.230 e. The van der Waals surface area contributed by atoms with Crippen molar-refractivity contribution in [2.45, 2.75) is 19.8 Å². The van der Waals surface area contributed by atoms with E-state index in [2.05, 4.69) is 25.5 Å². The Bertz CT molecular complexity index is 1250. The molecule has 0 bridgehead atoms. The van der Waals surface area contributed by atoms with Gasteiger partial charge in [0.2, 0.25) is 11.8 Å². The number of aromatic nitrogens is 4. The second kappa shape index (κ2) is 9.34. The van der Waals surface area contributed by atoms with Gasteiger partial charge in [-0.2, -0.15) is 5.10 Å². The summed E-state index contributed by atoms with van der Waals surface area (Å²) in [7, 11) is 3.11.